The Morgan fingerprint density at radius 2 is 1.77 bits per heavy atom. The fourth-order valence-corrected chi connectivity index (χ4v) is 4.54. The number of hydrogen-bond acceptors (Lipinski definition) is 5. The van der Waals surface area contributed by atoms with Gasteiger partial charge in [-0.3, -0.25) is 0 Å². The summed E-state index contributed by atoms with van der Waals surface area (Å²) in [6, 6.07) is 8.05. The number of aromatic hydroxyl groups is 1. The molecule has 3 aromatic rings. The van der Waals surface area contributed by atoms with Crippen molar-refractivity contribution in [2.45, 2.75) is 19.8 Å². The van der Waals surface area contributed by atoms with Gasteiger partial charge in [-0.2, -0.15) is 0 Å². The Kier molecular flexibility index (Phi) is 8.70. The SMILES string of the molecule is CCCc1c(O)c2ccccc2c2nc(N3CCNCC3)sc12.Cl.Cl.Cl. The van der Waals surface area contributed by atoms with Crippen molar-refractivity contribution < 1.29 is 5.11 Å². The van der Waals surface area contributed by atoms with Gasteiger partial charge in [-0.25, -0.2) is 4.98 Å². The van der Waals surface area contributed by atoms with Crippen LogP contribution < -0.4 is 10.2 Å². The number of halogens is 3. The zero-order valence-electron chi connectivity index (χ0n) is 14.5. The van der Waals surface area contributed by atoms with Crippen molar-refractivity contribution in [1.82, 2.24) is 10.3 Å². The molecule has 0 bridgehead atoms. The first-order valence-electron chi connectivity index (χ1n) is 8.28. The molecule has 0 atom stereocenters. The Labute approximate surface area is 176 Å². The number of nitrogens with zero attached hydrogens (tertiary/aromatic N) is 2. The van der Waals surface area contributed by atoms with Crippen LogP contribution in [0.5, 0.6) is 5.75 Å². The van der Waals surface area contributed by atoms with Crippen LogP contribution in [-0.2, 0) is 6.42 Å². The van der Waals surface area contributed by atoms with E-state index in [9.17, 15) is 5.11 Å². The summed E-state index contributed by atoms with van der Waals surface area (Å²) < 4.78 is 1.15. The van der Waals surface area contributed by atoms with Crippen molar-refractivity contribution in [2.24, 2.45) is 0 Å². The Morgan fingerprint density at radius 1 is 1.12 bits per heavy atom. The predicted molar refractivity (Wildman–Crippen MR) is 120 cm³/mol. The summed E-state index contributed by atoms with van der Waals surface area (Å²) in [5, 5.41) is 17.2. The van der Waals surface area contributed by atoms with E-state index in [1.165, 1.54) is 0 Å². The number of aryl methyl sites for hydroxylation is 1. The van der Waals surface area contributed by atoms with E-state index in [-0.39, 0.29) is 37.2 Å². The number of anilines is 1. The van der Waals surface area contributed by atoms with Crippen LogP contribution in [0.2, 0.25) is 0 Å². The van der Waals surface area contributed by atoms with Gasteiger partial charge in [0.2, 0.25) is 0 Å². The maximum atomic E-state index is 10.8. The average molecular weight is 437 g/mol. The van der Waals surface area contributed by atoms with Crippen molar-refractivity contribution in [3.8, 4) is 5.75 Å². The number of aromatic nitrogens is 1. The second-order valence-electron chi connectivity index (χ2n) is 6.03. The van der Waals surface area contributed by atoms with Crippen molar-refractivity contribution in [3.63, 3.8) is 0 Å². The molecule has 1 fully saturated rings. The van der Waals surface area contributed by atoms with Gasteiger partial charge in [-0.15, -0.1) is 37.2 Å². The van der Waals surface area contributed by atoms with E-state index in [1.807, 2.05) is 18.2 Å². The molecular formula is C18H24Cl3N3OS. The van der Waals surface area contributed by atoms with Crippen LogP contribution >= 0.6 is 48.6 Å². The fraction of sp³-hybridized carbons (Fsp3) is 0.389. The second-order valence-corrected chi connectivity index (χ2v) is 7.01. The molecule has 1 aliphatic rings. The van der Waals surface area contributed by atoms with E-state index in [2.05, 4.69) is 23.2 Å². The minimum Gasteiger partial charge on any atom is -0.507 e. The molecule has 0 radical (unpaired) electrons. The third-order valence-corrected chi connectivity index (χ3v) is 5.68. The van der Waals surface area contributed by atoms with Gasteiger partial charge in [0.25, 0.3) is 0 Å². The quantitative estimate of drug-likeness (QED) is 0.620. The molecule has 2 aromatic carbocycles. The molecule has 8 heteroatoms. The average Bonchev–Trinajstić information content (AvgIpc) is 3.05. The number of nitrogens with one attached hydrogen (secondary N) is 1. The molecule has 0 aliphatic carbocycles. The Bertz CT molecular complexity index is 866. The number of thiazole rings is 1. The van der Waals surface area contributed by atoms with Gasteiger partial charge in [-0.05, 0) is 6.42 Å². The Morgan fingerprint density at radius 3 is 2.42 bits per heavy atom. The number of piperazine rings is 1. The third-order valence-electron chi connectivity index (χ3n) is 4.50. The highest BCUT2D eigenvalue weighted by Crippen LogP contribution is 2.42. The molecule has 26 heavy (non-hydrogen) atoms. The van der Waals surface area contributed by atoms with Gasteiger partial charge in [0.15, 0.2) is 5.13 Å². The summed E-state index contributed by atoms with van der Waals surface area (Å²) in [6.07, 6.45) is 1.90. The predicted octanol–water partition coefficient (Wildman–Crippen LogP) is 4.78. The third kappa shape index (κ3) is 3.97. The number of rotatable bonds is 3. The topological polar surface area (TPSA) is 48.4 Å². The highest BCUT2D eigenvalue weighted by Gasteiger charge is 2.20. The van der Waals surface area contributed by atoms with Crippen LogP contribution in [0.25, 0.3) is 21.0 Å². The number of hydrogen-bond donors (Lipinski definition) is 2. The molecule has 2 N–H and O–H groups in total. The first-order valence-corrected chi connectivity index (χ1v) is 9.10. The molecular weight excluding hydrogens is 413 g/mol. The number of benzene rings is 2. The van der Waals surface area contributed by atoms with Crippen LogP contribution in [0.3, 0.4) is 0 Å². The molecule has 0 saturated carbocycles. The summed E-state index contributed by atoms with van der Waals surface area (Å²) >= 11 is 1.73. The Balaban J connectivity index is 0.00000113. The summed E-state index contributed by atoms with van der Waals surface area (Å²) in [7, 11) is 0. The molecule has 0 spiro atoms. The summed E-state index contributed by atoms with van der Waals surface area (Å²) in [5.41, 5.74) is 2.10. The fourth-order valence-electron chi connectivity index (χ4n) is 3.34. The molecule has 4 rings (SSSR count). The van der Waals surface area contributed by atoms with Crippen molar-refractivity contribution in [3.05, 3.63) is 29.8 Å². The monoisotopic (exact) mass is 435 g/mol. The van der Waals surface area contributed by atoms with Gasteiger partial charge < -0.3 is 15.3 Å². The molecule has 0 amide bonds. The maximum absolute atomic E-state index is 10.8. The largest absolute Gasteiger partial charge is 0.507 e. The minimum atomic E-state index is 0. The first-order chi connectivity index (χ1) is 11.3. The first kappa shape index (κ1) is 23.1. The van der Waals surface area contributed by atoms with E-state index >= 15 is 0 Å². The van der Waals surface area contributed by atoms with Gasteiger partial charge >= 0.3 is 0 Å². The molecule has 1 saturated heterocycles. The summed E-state index contributed by atoms with van der Waals surface area (Å²) in [4.78, 5) is 7.30. The molecule has 1 aromatic heterocycles. The number of phenols is 1. The zero-order chi connectivity index (χ0) is 15.8. The lowest BCUT2D eigenvalue weighted by atomic mass is 10.0. The van der Waals surface area contributed by atoms with E-state index < -0.39 is 0 Å². The second kappa shape index (κ2) is 9.81. The lowest BCUT2D eigenvalue weighted by molar-refractivity contribution is 0.475. The highest BCUT2D eigenvalue weighted by molar-refractivity contribution is 7.22. The van der Waals surface area contributed by atoms with E-state index in [1.54, 1.807) is 11.3 Å². The van der Waals surface area contributed by atoms with Gasteiger partial charge in [0, 0.05) is 42.5 Å². The molecule has 0 unspecified atom stereocenters. The minimum absolute atomic E-state index is 0. The standard InChI is InChI=1S/C18H21N3OS.3ClH/c1-2-5-14-16(22)13-7-4-3-6-12(13)15-17(14)23-18(20-15)21-10-8-19-9-11-21;;;/h3-4,6-7,19,22H,2,5,8-11H2,1H3;3*1H. The smallest absolute Gasteiger partial charge is 0.186 e. The van der Waals surface area contributed by atoms with Crippen molar-refractivity contribution >= 4 is 74.7 Å². The molecule has 2 heterocycles. The van der Waals surface area contributed by atoms with Crippen LogP contribution in [0.4, 0.5) is 5.13 Å². The van der Waals surface area contributed by atoms with Crippen LogP contribution in [-0.4, -0.2) is 36.3 Å². The molecule has 4 nitrogen and oxygen atoms in total. The van der Waals surface area contributed by atoms with Crippen LogP contribution in [0.1, 0.15) is 18.9 Å². The molecule has 144 valence electrons. The Hall–Kier alpha value is -0.980. The van der Waals surface area contributed by atoms with E-state index in [4.69, 9.17) is 4.98 Å². The summed E-state index contributed by atoms with van der Waals surface area (Å²) in [5.74, 6) is 0.436. The summed E-state index contributed by atoms with van der Waals surface area (Å²) in [6.45, 7) is 6.14. The lowest BCUT2D eigenvalue weighted by Crippen LogP contribution is -2.43. The zero-order valence-corrected chi connectivity index (χ0v) is 17.8. The van der Waals surface area contributed by atoms with Crippen molar-refractivity contribution in [2.75, 3.05) is 31.1 Å². The molecule has 1 aliphatic heterocycles. The lowest BCUT2D eigenvalue weighted by Gasteiger charge is -2.26. The highest BCUT2D eigenvalue weighted by atomic mass is 35.5. The van der Waals surface area contributed by atoms with Gasteiger partial charge in [-0.1, -0.05) is 48.9 Å². The van der Waals surface area contributed by atoms with E-state index in [0.29, 0.717) is 5.75 Å². The van der Waals surface area contributed by atoms with Crippen molar-refractivity contribution in [1.29, 1.82) is 0 Å². The van der Waals surface area contributed by atoms with Crippen LogP contribution in [0, 0.1) is 0 Å². The maximum Gasteiger partial charge on any atom is 0.186 e. The van der Waals surface area contributed by atoms with Gasteiger partial charge in [0.1, 0.15) is 5.75 Å². The number of phenolic OH excluding ortho intramolecular Hbond substituents is 1. The van der Waals surface area contributed by atoms with E-state index in [0.717, 1.165) is 70.7 Å². The number of fused-ring (bicyclic) bond motifs is 3. The normalized spacial score (nSPS) is 13.8. The van der Waals surface area contributed by atoms with Crippen LogP contribution in [0.15, 0.2) is 24.3 Å². The van der Waals surface area contributed by atoms with Gasteiger partial charge in [0.05, 0.1) is 10.2 Å².